The highest BCUT2D eigenvalue weighted by Gasteiger charge is 2.42. The number of amides is 1. The van der Waals surface area contributed by atoms with E-state index in [4.69, 9.17) is 0 Å². The minimum absolute atomic E-state index is 0.0802. The summed E-state index contributed by atoms with van der Waals surface area (Å²) in [6.07, 6.45) is 0. The quantitative estimate of drug-likeness (QED) is 0.813. The molecule has 0 bridgehead atoms. The molecule has 1 aliphatic rings. The predicted molar refractivity (Wildman–Crippen MR) is 75.9 cm³/mol. The van der Waals surface area contributed by atoms with Crippen LogP contribution >= 0.6 is 0 Å². The van der Waals surface area contributed by atoms with E-state index in [1.165, 1.54) is 0 Å². The first kappa shape index (κ1) is 11.7. The lowest BCUT2D eigenvalue weighted by atomic mass is 9.90. The van der Waals surface area contributed by atoms with Crippen molar-refractivity contribution >= 4 is 22.6 Å². The minimum Gasteiger partial charge on any atom is -0.338 e. The summed E-state index contributed by atoms with van der Waals surface area (Å²) in [5.74, 6) is 0.434. The molecule has 3 rings (SSSR count). The molecule has 1 atom stereocenters. The van der Waals surface area contributed by atoms with Gasteiger partial charge in [0.05, 0.1) is 0 Å². The maximum atomic E-state index is 12.1. The lowest BCUT2D eigenvalue weighted by molar-refractivity contribution is -0.123. The van der Waals surface area contributed by atoms with Gasteiger partial charge in [-0.05, 0) is 29.3 Å². The average Bonchev–Trinajstić information content (AvgIpc) is 2.75. The Morgan fingerprint density at radius 3 is 2.53 bits per heavy atom. The van der Waals surface area contributed by atoms with Crippen molar-refractivity contribution in [3.63, 3.8) is 0 Å². The molecule has 19 heavy (non-hydrogen) atoms. The van der Waals surface area contributed by atoms with Crippen LogP contribution in [0.15, 0.2) is 47.5 Å². The fraction of sp³-hybridized carbons (Fsp3) is 0.200. The SMILES string of the molecule is CN=C1NC(=O)C(C)(c2ccc3ccccc3c2)N1. The molecule has 0 aliphatic carbocycles. The molecule has 1 saturated heterocycles. The number of carbonyl (C=O) groups excluding carboxylic acids is 1. The van der Waals surface area contributed by atoms with E-state index >= 15 is 0 Å². The Labute approximate surface area is 111 Å². The standard InChI is InChI=1S/C15H15N3O/c1-15(13(19)17-14(16-2)18-15)12-8-7-10-5-3-4-6-11(10)9-12/h3-9H,1-2H3,(H2,16,17,18,19). The zero-order valence-corrected chi connectivity index (χ0v) is 10.9. The molecule has 1 amide bonds. The third-order valence-corrected chi connectivity index (χ3v) is 3.60. The van der Waals surface area contributed by atoms with Crippen LogP contribution in [0.4, 0.5) is 0 Å². The lowest BCUT2D eigenvalue weighted by Crippen LogP contribution is -2.40. The van der Waals surface area contributed by atoms with Gasteiger partial charge in [0, 0.05) is 7.05 Å². The molecular formula is C15H15N3O. The maximum Gasteiger partial charge on any atom is 0.256 e. The van der Waals surface area contributed by atoms with Crippen molar-refractivity contribution in [3.8, 4) is 0 Å². The van der Waals surface area contributed by atoms with Crippen LogP contribution in [0.5, 0.6) is 0 Å². The van der Waals surface area contributed by atoms with E-state index in [-0.39, 0.29) is 5.91 Å². The monoisotopic (exact) mass is 253 g/mol. The van der Waals surface area contributed by atoms with E-state index in [9.17, 15) is 4.79 Å². The van der Waals surface area contributed by atoms with E-state index in [2.05, 4.69) is 21.7 Å². The predicted octanol–water partition coefficient (Wildman–Crippen LogP) is 1.76. The highest BCUT2D eigenvalue weighted by molar-refractivity contribution is 6.09. The van der Waals surface area contributed by atoms with Crippen LogP contribution in [0.25, 0.3) is 10.8 Å². The molecule has 1 unspecified atom stereocenters. The molecule has 0 radical (unpaired) electrons. The maximum absolute atomic E-state index is 12.1. The Bertz CT molecular complexity index is 693. The largest absolute Gasteiger partial charge is 0.338 e. The number of carbonyl (C=O) groups is 1. The summed E-state index contributed by atoms with van der Waals surface area (Å²) in [6.45, 7) is 1.87. The zero-order chi connectivity index (χ0) is 13.5. The molecule has 1 heterocycles. The first-order chi connectivity index (χ1) is 9.13. The van der Waals surface area contributed by atoms with E-state index in [1.54, 1.807) is 7.05 Å². The van der Waals surface area contributed by atoms with Crippen molar-refractivity contribution in [1.29, 1.82) is 0 Å². The van der Waals surface area contributed by atoms with Crippen molar-refractivity contribution < 1.29 is 4.79 Å². The molecule has 1 fully saturated rings. The summed E-state index contributed by atoms with van der Waals surface area (Å²) in [6, 6.07) is 14.2. The summed E-state index contributed by atoms with van der Waals surface area (Å²) in [5.41, 5.74) is 0.168. The first-order valence-electron chi connectivity index (χ1n) is 6.19. The lowest BCUT2D eigenvalue weighted by Gasteiger charge is -2.22. The Morgan fingerprint density at radius 1 is 1.11 bits per heavy atom. The zero-order valence-electron chi connectivity index (χ0n) is 10.9. The first-order valence-corrected chi connectivity index (χ1v) is 6.19. The van der Waals surface area contributed by atoms with Gasteiger partial charge in [-0.2, -0.15) is 0 Å². The van der Waals surface area contributed by atoms with Gasteiger partial charge in [-0.25, -0.2) is 0 Å². The van der Waals surface area contributed by atoms with Gasteiger partial charge in [0.15, 0.2) is 5.96 Å². The normalized spacial score (nSPS) is 24.5. The molecule has 2 N–H and O–H groups in total. The number of guanidine groups is 1. The van der Waals surface area contributed by atoms with E-state index in [0.717, 1.165) is 16.3 Å². The number of hydrogen-bond acceptors (Lipinski definition) is 2. The van der Waals surface area contributed by atoms with Gasteiger partial charge in [-0.1, -0.05) is 36.4 Å². The molecule has 2 aromatic rings. The van der Waals surface area contributed by atoms with Crippen molar-refractivity contribution in [1.82, 2.24) is 10.6 Å². The highest BCUT2D eigenvalue weighted by atomic mass is 16.2. The summed E-state index contributed by atoms with van der Waals surface area (Å²) in [4.78, 5) is 16.1. The molecular weight excluding hydrogens is 238 g/mol. The second kappa shape index (κ2) is 4.09. The molecule has 0 aromatic heterocycles. The summed E-state index contributed by atoms with van der Waals surface area (Å²) < 4.78 is 0. The third-order valence-electron chi connectivity index (χ3n) is 3.60. The number of hydrogen-bond donors (Lipinski definition) is 2. The topological polar surface area (TPSA) is 53.5 Å². The molecule has 4 heteroatoms. The van der Waals surface area contributed by atoms with Crippen molar-refractivity contribution in [3.05, 3.63) is 48.0 Å². The van der Waals surface area contributed by atoms with Crippen LogP contribution in [-0.4, -0.2) is 18.9 Å². The number of aliphatic imine (C=N–C) groups is 1. The Balaban J connectivity index is 2.11. The van der Waals surface area contributed by atoms with Gasteiger partial charge < -0.3 is 5.32 Å². The van der Waals surface area contributed by atoms with Crippen molar-refractivity contribution in [2.24, 2.45) is 4.99 Å². The second-order valence-electron chi connectivity index (χ2n) is 4.84. The van der Waals surface area contributed by atoms with Crippen molar-refractivity contribution in [2.75, 3.05) is 7.05 Å². The van der Waals surface area contributed by atoms with E-state index < -0.39 is 5.54 Å². The van der Waals surface area contributed by atoms with Crippen LogP contribution < -0.4 is 10.6 Å². The van der Waals surface area contributed by atoms with Gasteiger partial charge in [-0.3, -0.25) is 15.1 Å². The van der Waals surface area contributed by atoms with Crippen molar-refractivity contribution in [2.45, 2.75) is 12.5 Å². The molecule has 0 spiro atoms. The number of nitrogens with zero attached hydrogens (tertiary/aromatic N) is 1. The van der Waals surface area contributed by atoms with Crippen LogP contribution in [0.3, 0.4) is 0 Å². The Morgan fingerprint density at radius 2 is 1.84 bits per heavy atom. The smallest absolute Gasteiger partial charge is 0.256 e. The number of fused-ring (bicyclic) bond motifs is 1. The molecule has 96 valence electrons. The minimum atomic E-state index is -0.765. The van der Waals surface area contributed by atoms with Gasteiger partial charge in [-0.15, -0.1) is 0 Å². The molecule has 0 saturated carbocycles. The highest BCUT2D eigenvalue weighted by Crippen LogP contribution is 2.27. The summed E-state index contributed by atoms with van der Waals surface area (Å²) in [5, 5.41) is 8.17. The number of nitrogens with one attached hydrogen (secondary N) is 2. The van der Waals surface area contributed by atoms with Gasteiger partial charge in [0.25, 0.3) is 5.91 Å². The van der Waals surface area contributed by atoms with Gasteiger partial charge in [0.1, 0.15) is 5.54 Å². The second-order valence-corrected chi connectivity index (χ2v) is 4.84. The number of rotatable bonds is 1. The van der Waals surface area contributed by atoms with Crippen LogP contribution in [0.2, 0.25) is 0 Å². The van der Waals surface area contributed by atoms with Crippen LogP contribution in [-0.2, 0) is 10.3 Å². The summed E-state index contributed by atoms with van der Waals surface area (Å²) >= 11 is 0. The molecule has 2 aromatic carbocycles. The van der Waals surface area contributed by atoms with E-state index in [1.807, 2.05) is 43.3 Å². The molecule has 1 aliphatic heterocycles. The van der Waals surface area contributed by atoms with Gasteiger partial charge in [0.2, 0.25) is 0 Å². The number of benzene rings is 2. The molecule has 4 nitrogen and oxygen atoms in total. The van der Waals surface area contributed by atoms with Gasteiger partial charge >= 0.3 is 0 Å². The fourth-order valence-electron chi connectivity index (χ4n) is 2.37. The fourth-order valence-corrected chi connectivity index (χ4v) is 2.37. The summed E-state index contributed by atoms with van der Waals surface area (Å²) in [7, 11) is 1.65. The third kappa shape index (κ3) is 1.76. The van der Waals surface area contributed by atoms with E-state index in [0.29, 0.717) is 5.96 Å². The Kier molecular flexibility index (Phi) is 2.52. The Hall–Kier alpha value is -2.36. The average molecular weight is 253 g/mol. The van der Waals surface area contributed by atoms with Crippen LogP contribution in [0, 0.1) is 0 Å². The van der Waals surface area contributed by atoms with Crippen LogP contribution in [0.1, 0.15) is 12.5 Å².